The Kier molecular flexibility index (Phi) is 3.62. The van der Waals surface area contributed by atoms with Crippen molar-refractivity contribution in [2.24, 2.45) is 11.5 Å². The Bertz CT molecular complexity index is 326. The molecular formula is C10H14N2O2. The Morgan fingerprint density at radius 3 is 2.64 bits per heavy atom. The van der Waals surface area contributed by atoms with Crippen molar-refractivity contribution in [3.8, 4) is 0 Å². The first-order valence-corrected chi connectivity index (χ1v) is 4.39. The molecule has 4 heteroatoms. The molecule has 5 N–H and O–H groups in total. The summed E-state index contributed by atoms with van der Waals surface area (Å²) in [7, 11) is 0. The molecule has 0 aliphatic rings. The Labute approximate surface area is 82.5 Å². The highest BCUT2D eigenvalue weighted by Crippen LogP contribution is 2.09. The standard InChI is InChI=1S/C10H14N2O2/c11-8(6-13)5-7-3-1-2-4-9(7)10(12)14/h1-4,8,13H,5-6,11H2,(H2,12,14). The molecule has 1 rings (SSSR count). The van der Waals surface area contributed by atoms with Crippen LogP contribution < -0.4 is 11.5 Å². The zero-order valence-electron chi connectivity index (χ0n) is 7.81. The van der Waals surface area contributed by atoms with E-state index in [9.17, 15) is 4.79 Å². The Morgan fingerprint density at radius 1 is 1.43 bits per heavy atom. The second-order valence-electron chi connectivity index (χ2n) is 3.17. The number of carbonyl (C=O) groups excluding carboxylic acids is 1. The highest BCUT2D eigenvalue weighted by Gasteiger charge is 2.09. The predicted molar refractivity (Wildman–Crippen MR) is 53.7 cm³/mol. The van der Waals surface area contributed by atoms with Crippen LogP contribution in [0.3, 0.4) is 0 Å². The second kappa shape index (κ2) is 4.74. The third-order valence-electron chi connectivity index (χ3n) is 2.00. The molecule has 1 atom stereocenters. The van der Waals surface area contributed by atoms with Crippen LogP contribution in [0.4, 0.5) is 0 Å². The number of hydrogen-bond donors (Lipinski definition) is 3. The van der Waals surface area contributed by atoms with E-state index in [0.29, 0.717) is 12.0 Å². The average molecular weight is 194 g/mol. The van der Waals surface area contributed by atoms with Gasteiger partial charge in [0.15, 0.2) is 0 Å². The lowest BCUT2D eigenvalue weighted by Crippen LogP contribution is -2.28. The van der Waals surface area contributed by atoms with E-state index >= 15 is 0 Å². The van der Waals surface area contributed by atoms with Crippen molar-refractivity contribution >= 4 is 5.91 Å². The fraction of sp³-hybridized carbons (Fsp3) is 0.300. The second-order valence-corrected chi connectivity index (χ2v) is 3.17. The summed E-state index contributed by atoms with van der Waals surface area (Å²) in [6, 6.07) is 6.65. The van der Waals surface area contributed by atoms with Crippen LogP contribution >= 0.6 is 0 Å². The van der Waals surface area contributed by atoms with Crippen molar-refractivity contribution in [1.82, 2.24) is 0 Å². The van der Waals surface area contributed by atoms with Gasteiger partial charge in [-0.05, 0) is 18.1 Å². The number of aliphatic hydroxyl groups excluding tert-OH is 1. The summed E-state index contributed by atoms with van der Waals surface area (Å²) in [5.41, 5.74) is 12.0. The number of nitrogens with two attached hydrogens (primary N) is 2. The molecule has 0 heterocycles. The summed E-state index contributed by atoms with van der Waals surface area (Å²) >= 11 is 0. The lowest BCUT2D eigenvalue weighted by atomic mass is 10.0. The van der Waals surface area contributed by atoms with Crippen molar-refractivity contribution < 1.29 is 9.90 Å². The van der Waals surface area contributed by atoms with Gasteiger partial charge in [0.2, 0.25) is 5.91 Å². The van der Waals surface area contributed by atoms with E-state index in [1.165, 1.54) is 0 Å². The fourth-order valence-electron chi connectivity index (χ4n) is 1.29. The molecule has 0 fully saturated rings. The predicted octanol–water partition coefficient (Wildman–Crippen LogP) is -0.352. The van der Waals surface area contributed by atoms with E-state index in [-0.39, 0.29) is 12.6 Å². The van der Waals surface area contributed by atoms with Crippen LogP contribution in [0, 0.1) is 0 Å². The van der Waals surface area contributed by atoms with Gasteiger partial charge in [-0.2, -0.15) is 0 Å². The maximum Gasteiger partial charge on any atom is 0.248 e. The normalized spacial score (nSPS) is 12.4. The fourth-order valence-corrected chi connectivity index (χ4v) is 1.29. The van der Waals surface area contributed by atoms with Crippen molar-refractivity contribution in [3.63, 3.8) is 0 Å². The number of hydrogen-bond acceptors (Lipinski definition) is 3. The van der Waals surface area contributed by atoms with Gasteiger partial charge in [0, 0.05) is 11.6 Å². The zero-order chi connectivity index (χ0) is 10.6. The minimum absolute atomic E-state index is 0.104. The van der Waals surface area contributed by atoms with E-state index in [4.69, 9.17) is 16.6 Å². The van der Waals surface area contributed by atoms with Gasteiger partial charge < -0.3 is 16.6 Å². The van der Waals surface area contributed by atoms with Gasteiger partial charge in [-0.15, -0.1) is 0 Å². The molecular weight excluding hydrogens is 180 g/mol. The molecule has 1 aromatic rings. The van der Waals surface area contributed by atoms with Crippen LogP contribution in [0.5, 0.6) is 0 Å². The van der Waals surface area contributed by atoms with E-state index in [0.717, 1.165) is 5.56 Å². The van der Waals surface area contributed by atoms with Gasteiger partial charge in [0.1, 0.15) is 0 Å². The smallest absolute Gasteiger partial charge is 0.248 e. The van der Waals surface area contributed by atoms with Crippen molar-refractivity contribution in [3.05, 3.63) is 35.4 Å². The SMILES string of the molecule is NC(=O)c1ccccc1CC(N)CO. The van der Waals surface area contributed by atoms with Crippen LogP contribution in [0.25, 0.3) is 0 Å². The van der Waals surface area contributed by atoms with Crippen LogP contribution in [-0.2, 0) is 6.42 Å². The summed E-state index contributed by atoms with van der Waals surface area (Å²) < 4.78 is 0. The highest BCUT2D eigenvalue weighted by molar-refractivity contribution is 5.94. The average Bonchev–Trinajstić information content (AvgIpc) is 2.18. The molecule has 1 aromatic carbocycles. The Balaban J connectivity index is 2.90. The molecule has 0 radical (unpaired) electrons. The lowest BCUT2D eigenvalue weighted by molar-refractivity contribution is 0.0999. The number of rotatable bonds is 4. The molecule has 0 aromatic heterocycles. The molecule has 1 unspecified atom stereocenters. The molecule has 0 saturated heterocycles. The van der Waals surface area contributed by atoms with Crippen LogP contribution in [0.1, 0.15) is 15.9 Å². The van der Waals surface area contributed by atoms with E-state index in [1.807, 2.05) is 6.07 Å². The molecule has 14 heavy (non-hydrogen) atoms. The number of carbonyl (C=O) groups is 1. The zero-order valence-corrected chi connectivity index (χ0v) is 7.81. The lowest BCUT2D eigenvalue weighted by Gasteiger charge is -2.10. The quantitative estimate of drug-likeness (QED) is 0.612. The maximum absolute atomic E-state index is 11.0. The topological polar surface area (TPSA) is 89.3 Å². The third-order valence-corrected chi connectivity index (χ3v) is 2.00. The van der Waals surface area contributed by atoms with E-state index < -0.39 is 5.91 Å². The molecule has 0 bridgehead atoms. The van der Waals surface area contributed by atoms with Gasteiger partial charge in [-0.3, -0.25) is 4.79 Å². The minimum atomic E-state index is -0.467. The van der Waals surface area contributed by atoms with Crippen molar-refractivity contribution in [2.45, 2.75) is 12.5 Å². The summed E-state index contributed by atoms with van der Waals surface area (Å²) in [6.07, 6.45) is 0.454. The maximum atomic E-state index is 11.0. The van der Waals surface area contributed by atoms with Gasteiger partial charge in [0.05, 0.1) is 6.61 Å². The van der Waals surface area contributed by atoms with Crippen LogP contribution in [0.2, 0.25) is 0 Å². The summed E-state index contributed by atoms with van der Waals surface area (Å²) in [4.78, 5) is 11.0. The summed E-state index contributed by atoms with van der Waals surface area (Å²) in [5.74, 6) is -0.467. The van der Waals surface area contributed by atoms with Gasteiger partial charge >= 0.3 is 0 Å². The summed E-state index contributed by atoms with van der Waals surface area (Å²) in [6.45, 7) is -0.104. The van der Waals surface area contributed by atoms with Crippen LogP contribution in [0.15, 0.2) is 24.3 Å². The number of aliphatic hydroxyl groups is 1. The first-order chi connectivity index (χ1) is 6.65. The Hall–Kier alpha value is -1.39. The first-order valence-electron chi connectivity index (χ1n) is 4.39. The molecule has 0 spiro atoms. The number of amides is 1. The molecule has 0 aliphatic carbocycles. The molecule has 0 aliphatic heterocycles. The minimum Gasteiger partial charge on any atom is -0.395 e. The van der Waals surface area contributed by atoms with E-state index in [1.54, 1.807) is 18.2 Å². The molecule has 76 valence electrons. The van der Waals surface area contributed by atoms with Crippen molar-refractivity contribution in [2.75, 3.05) is 6.61 Å². The molecule has 4 nitrogen and oxygen atoms in total. The van der Waals surface area contributed by atoms with Gasteiger partial charge in [0.25, 0.3) is 0 Å². The highest BCUT2D eigenvalue weighted by atomic mass is 16.3. The van der Waals surface area contributed by atoms with E-state index in [2.05, 4.69) is 0 Å². The Morgan fingerprint density at radius 2 is 2.07 bits per heavy atom. The van der Waals surface area contributed by atoms with Crippen LogP contribution in [-0.4, -0.2) is 23.7 Å². The first kappa shape index (κ1) is 10.7. The van der Waals surface area contributed by atoms with Gasteiger partial charge in [-0.1, -0.05) is 18.2 Å². The molecule has 0 saturated carbocycles. The largest absolute Gasteiger partial charge is 0.395 e. The van der Waals surface area contributed by atoms with Crippen molar-refractivity contribution in [1.29, 1.82) is 0 Å². The third kappa shape index (κ3) is 2.55. The number of primary amides is 1. The van der Waals surface area contributed by atoms with Gasteiger partial charge in [-0.25, -0.2) is 0 Å². The molecule has 1 amide bonds. The summed E-state index contributed by atoms with van der Waals surface area (Å²) in [5, 5.41) is 8.78. The monoisotopic (exact) mass is 194 g/mol. The number of benzene rings is 1.